The molecule has 0 unspecified atom stereocenters. The van der Waals surface area contributed by atoms with Crippen LogP contribution >= 0.6 is 22.6 Å². The van der Waals surface area contributed by atoms with Gasteiger partial charge in [0.25, 0.3) is 5.91 Å². The van der Waals surface area contributed by atoms with Crippen molar-refractivity contribution in [3.8, 4) is 11.5 Å². The summed E-state index contributed by atoms with van der Waals surface area (Å²) in [6, 6.07) is 23.3. The van der Waals surface area contributed by atoms with Crippen molar-refractivity contribution in [2.75, 3.05) is 19.0 Å². The average molecular weight is 745 g/mol. The number of nitrogens with zero attached hydrogens (tertiary/aromatic N) is 1. The summed E-state index contributed by atoms with van der Waals surface area (Å²) >= 11 is 2.19. The molecule has 0 radical (unpaired) electrons. The van der Waals surface area contributed by atoms with E-state index in [0.29, 0.717) is 47.7 Å². The maximum atomic E-state index is 14.2. The minimum Gasteiger partial charge on any atom is -0.493 e. The number of carbonyl (C=O) groups is 3. The van der Waals surface area contributed by atoms with Gasteiger partial charge in [0.1, 0.15) is 0 Å². The summed E-state index contributed by atoms with van der Waals surface area (Å²) < 4.78 is 12.6. The molecule has 3 aromatic rings. The zero-order chi connectivity index (χ0) is 33.5. The van der Waals surface area contributed by atoms with Gasteiger partial charge >= 0.3 is 0 Å². The van der Waals surface area contributed by atoms with Crippen LogP contribution in [0.25, 0.3) is 0 Å². The summed E-state index contributed by atoms with van der Waals surface area (Å²) in [5.41, 5.74) is 5.63. The number of hydrogen-bond acceptors (Lipinski definition) is 6. The number of allylic oxidation sites excluding steroid dienone is 4. The highest BCUT2D eigenvalue weighted by Gasteiger charge is 2.49. The van der Waals surface area contributed by atoms with Crippen LogP contribution in [-0.4, -0.2) is 36.1 Å². The largest absolute Gasteiger partial charge is 0.493 e. The lowest BCUT2D eigenvalue weighted by molar-refractivity contribution is -0.120. The van der Waals surface area contributed by atoms with Gasteiger partial charge < -0.3 is 19.7 Å². The first-order valence-corrected chi connectivity index (χ1v) is 17.1. The minimum absolute atomic E-state index is 0.0791. The Kier molecular flexibility index (Phi) is 9.09. The fourth-order valence-corrected chi connectivity index (χ4v) is 8.02. The molecule has 3 aliphatic rings. The first-order valence-electron chi connectivity index (χ1n) is 16.0. The van der Waals surface area contributed by atoms with E-state index in [1.807, 2.05) is 60.7 Å². The molecule has 1 aliphatic heterocycles. The molecule has 3 aromatic carbocycles. The maximum Gasteiger partial charge on any atom is 0.262 e. The van der Waals surface area contributed by atoms with Gasteiger partial charge in [-0.1, -0.05) is 76.2 Å². The van der Waals surface area contributed by atoms with E-state index in [2.05, 4.69) is 72.6 Å². The van der Waals surface area contributed by atoms with E-state index >= 15 is 0 Å². The molecule has 47 heavy (non-hydrogen) atoms. The highest BCUT2D eigenvalue weighted by Crippen LogP contribution is 2.55. The number of halogens is 1. The van der Waals surface area contributed by atoms with E-state index in [1.165, 1.54) is 0 Å². The Labute approximate surface area is 290 Å². The van der Waals surface area contributed by atoms with Crippen LogP contribution in [0, 0.1) is 14.4 Å². The number of rotatable bonds is 8. The molecule has 1 amide bonds. The summed E-state index contributed by atoms with van der Waals surface area (Å²) in [6.07, 6.45) is 2.29. The number of hydrogen-bond donors (Lipinski definition) is 1. The lowest BCUT2D eigenvalue weighted by Crippen LogP contribution is -2.44. The summed E-state index contributed by atoms with van der Waals surface area (Å²) in [7, 11) is 1.56. The first-order chi connectivity index (χ1) is 22.4. The second kappa shape index (κ2) is 12.9. The fourth-order valence-electron chi connectivity index (χ4n) is 7.24. The van der Waals surface area contributed by atoms with Gasteiger partial charge in [-0.05, 0) is 81.7 Å². The first kappa shape index (κ1) is 33.0. The number of anilines is 1. The van der Waals surface area contributed by atoms with E-state index in [-0.39, 0.29) is 34.9 Å². The van der Waals surface area contributed by atoms with Gasteiger partial charge in [0.15, 0.2) is 29.7 Å². The highest BCUT2D eigenvalue weighted by molar-refractivity contribution is 14.1. The van der Waals surface area contributed by atoms with Gasteiger partial charge in [-0.15, -0.1) is 0 Å². The lowest BCUT2D eigenvalue weighted by Gasteiger charge is -2.49. The molecule has 0 saturated carbocycles. The maximum absolute atomic E-state index is 14.2. The molecule has 0 saturated heterocycles. The fraction of sp³-hybridized carbons (Fsp3) is 0.359. The molecule has 7 nitrogen and oxygen atoms in total. The SMILES string of the molecule is COc1cc(C2C3=C(CC(C)(C)CC3=O)N(Cc3ccccc3)C3=C2C(=O)CC(C)(C)C3)cc(I)c1OCC(=O)Nc1ccccc1. The predicted octanol–water partition coefficient (Wildman–Crippen LogP) is 8.20. The van der Waals surface area contributed by atoms with E-state index in [9.17, 15) is 14.4 Å². The molecule has 1 N–H and O–H groups in total. The van der Waals surface area contributed by atoms with Crippen LogP contribution in [0.2, 0.25) is 0 Å². The predicted molar refractivity (Wildman–Crippen MR) is 191 cm³/mol. The van der Waals surface area contributed by atoms with Gasteiger partial charge in [-0.2, -0.15) is 0 Å². The number of carbonyl (C=O) groups excluding carboxylic acids is 3. The number of amides is 1. The Bertz CT molecular complexity index is 1740. The number of Topliss-reactive ketones (excluding diaryl/α,β-unsaturated/α-hetero) is 2. The van der Waals surface area contributed by atoms with E-state index in [0.717, 1.165) is 38.9 Å². The van der Waals surface area contributed by atoms with Gasteiger partial charge in [-0.3, -0.25) is 14.4 Å². The Morgan fingerprint density at radius 3 is 1.96 bits per heavy atom. The van der Waals surface area contributed by atoms with Gasteiger partial charge in [-0.25, -0.2) is 0 Å². The van der Waals surface area contributed by atoms with Gasteiger partial charge in [0.2, 0.25) is 0 Å². The van der Waals surface area contributed by atoms with Crippen LogP contribution in [0.3, 0.4) is 0 Å². The lowest BCUT2D eigenvalue weighted by atomic mass is 9.63. The normalized spacial score (nSPS) is 18.9. The van der Waals surface area contributed by atoms with Crippen LogP contribution in [0.1, 0.15) is 70.4 Å². The quantitative estimate of drug-likeness (QED) is 0.234. The molecule has 0 bridgehead atoms. The van der Waals surface area contributed by atoms with Crippen molar-refractivity contribution in [3.63, 3.8) is 0 Å². The molecule has 2 aliphatic carbocycles. The van der Waals surface area contributed by atoms with Gasteiger partial charge in [0.05, 0.1) is 10.7 Å². The van der Waals surface area contributed by atoms with E-state index in [1.54, 1.807) is 7.11 Å². The van der Waals surface area contributed by atoms with E-state index < -0.39 is 5.92 Å². The van der Waals surface area contributed by atoms with Crippen molar-refractivity contribution >= 4 is 45.8 Å². The number of methoxy groups -OCH3 is 1. The summed E-state index contributed by atoms with van der Waals surface area (Å²) in [5, 5.41) is 2.84. The number of ether oxygens (including phenoxy) is 2. The molecule has 1 heterocycles. The zero-order valence-electron chi connectivity index (χ0n) is 27.6. The summed E-state index contributed by atoms with van der Waals surface area (Å²) in [6.45, 7) is 8.99. The van der Waals surface area contributed by atoms with Crippen molar-refractivity contribution in [1.82, 2.24) is 4.90 Å². The second-order valence-corrected chi connectivity index (χ2v) is 15.5. The number of benzene rings is 3. The van der Waals surface area contributed by atoms with Crippen molar-refractivity contribution < 1.29 is 23.9 Å². The smallest absolute Gasteiger partial charge is 0.262 e. The molecule has 0 aromatic heterocycles. The van der Waals surface area contributed by atoms with Crippen molar-refractivity contribution in [2.24, 2.45) is 10.8 Å². The molecule has 244 valence electrons. The standard InChI is InChI=1S/C39H41IN2O5/c1-38(2)18-28-35(30(43)20-38)34(36-29(19-39(3,4)21-31(36)44)42(28)22-24-12-8-6-9-13-24)25-16-27(40)37(32(17-25)46-5)47-23-33(45)41-26-14-10-7-11-15-26/h6-17,34H,18-23H2,1-5H3,(H,41,45). The molecular formula is C39H41IN2O5. The minimum atomic E-state index is -0.517. The Morgan fingerprint density at radius 1 is 0.851 bits per heavy atom. The Hall–Kier alpha value is -3.92. The molecule has 0 spiro atoms. The van der Waals surface area contributed by atoms with E-state index in [4.69, 9.17) is 9.47 Å². The summed E-state index contributed by atoms with van der Waals surface area (Å²) in [4.78, 5) is 43.5. The Balaban J connectivity index is 1.44. The van der Waals surface area contributed by atoms with Crippen LogP contribution < -0.4 is 14.8 Å². The number of para-hydroxylation sites is 1. The summed E-state index contributed by atoms with van der Waals surface area (Å²) in [5.74, 6) is 0.238. The third kappa shape index (κ3) is 6.89. The van der Waals surface area contributed by atoms with Crippen molar-refractivity contribution in [3.05, 3.63) is 110 Å². The number of ketones is 2. The van der Waals surface area contributed by atoms with Crippen LogP contribution in [0.4, 0.5) is 5.69 Å². The molecule has 0 atom stereocenters. The third-order valence-corrected chi connectivity index (χ3v) is 10.00. The highest BCUT2D eigenvalue weighted by atomic mass is 127. The van der Waals surface area contributed by atoms with Crippen LogP contribution in [-0.2, 0) is 20.9 Å². The van der Waals surface area contributed by atoms with Gasteiger partial charge in [0, 0.05) is 53.5 Å². The molecule has 6 rings (SSSR count). The third-order valence-electron chi connectivity index (χ3n) is 9.20. The second-order valence-electron chi connectivity index (χ2n) is 14.3. The molecular weight excluding hydrogens is 703 g/mol. The molecule has 8 heteroatoms. The van der Waals surface area contributed by atoms with Crippen LogP contribution in [0.15, 0.2) is 95.3 Å². The average Bonchev–Trinajstić information content (AvgIpc) is 3.00. The molecule has 0 fully saturated rings. The monoisotopic (exact) mass is 744 g/mol. The Morgan fingerprint density at radius 2 is 1.40 bits per heavy atom. The van der Waals surface area contributed by atoms with Crippen molar-refractivity contribution in [2.45, 2.75) is 65.8 Å². The number of nitrogens with one attached hydrogen (secondary N) is 1. The topological polar surface area (TPSA) is 84.9 Å². The van der Waals surface area contributed by atoms with Crippen LogP contribution in [0.5, 0.6) is 11.5 Å². The van der Waals surface area contributed by atoms with Crippen molar-refractivity contribution in [1.29, 1.82) is 0 Å². The zero-order valence-corrected chi connectivity index (χ0v) is 29.8.